The second kappa shape index (κ2) is 7.20. The lowest BCUT2D eigenvalue weighted by atomic mass is 10.2. The standard InChI is InChI=1S/C16H13N3O2S/c1-21-14-9-5-3-7-12(14)15(20)19-16(22)18-13-8-4-2-6-11(13)10-17/h2-9H,1H3,(H2,18,19,20,22). The van der Waals surface area contributed by atoms with Crippen molar-refractivity contribution in [3.05, 3.63) is 59.7 Å². The van der Waals surface area contributed by atoms with Gasteiger partial charge in [0.25, 0.3) is 5.91 Å². The molecule has 0 heterocycles. The van der Waals surface area contributed by atoms with Crippen LogP contribution in [0.2, 0.25) is 0 Å². The van der Waals surface area contributed by atoms with Crippen LogP contribution < -0.4 is 15.4 Å². The van der Waals surface area contributed by atoms with Crippen molar-refractivity contribution in [1.29, 1.82) is 5.26 Å². The van der Waals surface area contributed by atoms with Gasteiger partial charge in [0.15, 0.2) is 5.11 Å². The second-order valence-corrected chi connectivity index (χ2v) is 4.67. The highest BCUT2D eigenvalue weighted by molar-refractivity contribution is 7.80. The van der Waals surface area contributed by atoms with E-state index in [2.05, 4.69) is 10.6 Å². The Balaban J connectivity index is 2.09. The van der Waals surface area contributed by atoms with Gasteiger partial charge < -0.3 is 10.1 Å². The molecule has 110 valence electrons. The molecule has 0 saturated heterocycles. The monoisotopic (exact) mass is 311 g/mol. The van der Waals surface area contributed by atoms with Crippen LogP contribution >= 0.6 is 12.2 Å². The molecular weight excluding hydrogens is 298 g/mol. The van der Waals surface area contributed by atoms with Gasteiger partial charge in [-0.05, 0) is 36.5 Å². The number of amides is 1. The smallest absolute Gasteiger partial charge is 0.261 e. The molecule has 2 aromatic carbocycles. The van der Waals surface area contributed by atoms with Crippen LogP contribution in [0, 0.1) is 11.3 Å². The summed E-state index contributed by atoms with van der Waals surface area (Å²) < 4.78 is 5.14. The fourth-order valence-corrected chi connectivity index (χ4v) is 2.05. The molecule has 2 aromatic rings. The molecule has 0 radical (unpaired) electrons. The van der Waals surface area contributed by atoms with Crippen molar-refractivity contribution < 1.29 is 9.53 Å². The largest absolute Gasteiger partial charge is 0.496 e. The number of anilines is 1. The number of thiocarbonyl (C=S) groups is 1. The van der Waals surface area contributed by atoms with Gasteiger partial charge in [0.05, 0.1) is 23.9 Å². The zero-order valence-corrected chi connectivity index (χ0v) is 12.6. The van der Waals surface area contributed by atoms with Gasteiger partial charge in [0.1, 0.15) is 11.8 Å². The third-order valence-corrected chi connectivity index (χ3v) is 3.08. The lowest BCUT2D eigenvalue weighted by Gasteiger charge is -2.12. The molecule has 5 nitrogen and oxygen atoms in total. The topological polar surface area (TPSA) is 74.2 Å². The Morgan fingerprint density at radius 3 is 2.59 bits per heavy atom. The molecule has 0 aromatic heterocycles. The first-order valence-corrected chi connectivity index (χ1v) is 6.81. The highest BCUT2D eigenvalue weighted by atomic mass is 32.1. The zero-order valence-electron chi connectivity index (χ0n) is 11.8. The van der Waals surface area contributed by atoms with Crippen molar-refractivity contribution in [2.75, 3.05) is 12.4 Å². The van der Waals surface area contributed by atoms with Crippen LogP contribution in [0.15, 0.2) is 48.5 Å². The van der Waals surface area contributed by atoms with Gasteiger partial charge in [-0.3, -0.25) is 10.1 Å². The summed E-state index contributed by atoms with van der Waals surface area (Å²) in [5.74, 6) is 0.0737. The van der Waals surface area contributed by atoms with E-state index in [0.717, 1.165) is 0 Å². The van der Waals surface area contributed by atoms with E-state index in [1.807, 2.05) is 6.07 Å². The van der Waals surface area contributed by atoms with E-state index in [1.165, 1.54) is 7.11 Å². The van der Waals surface area contributed by atoms with E-state index >= 15 is 0 Å². The maximum atomic E-state index is 12.2. The Bertz CT molecular complexity index is 753. The average Bonchev–Trinajstić information content (AvgIpc) is 2.55. The molecule has 1 amide bonds. The van der Waals surface area contributed by atoms with Crippen molar-refractivity contribution >= 4 is 28.9 Å². The fourth-order valence-electron chi connectivity index (χ4n) is 1.85. The number of methoxy groups -OCH3 is 1. The molecule has 6 heteroatoms. The van der Waals surface area contributed by atoms with E-state index in [0.29, 0.717) is 22.6 Å². The number of benzene rings is 2. The Morgan fingerprint density at radius 1 is 1.18 bits per heavy atom. The first-order valence-electron chi connectivity index (χ1n) is 6.40. The third kappa shape index (κ3) is 3.59. The van der Waals surface area contributed by atoms with Gasteiger partial charge in [-0.2, -0.15) is 5.26 Å². The second-order valence-electron chi connectivity index (χ2n) is 4.27. The zero-order chi connectivity index (χ0) is 15.9. The van der Waals surface area contributed by atoms with E-state index < -0.39 is 0 Å². The number of nitrogens with zero attached hydrogens (tertiary/aromatic N) is 1. The minimum absolute atomic E-state index is 0.110. The lowest BCUT2D eigenvalue weighted by molar-refractivity contribution is 0.0975. The van der Waals surface area contributed by atoms with Crippen molar-refractivity contribution in [3.8, 4) is 11.8 Å². The number of para-hydroxylation sites is 2. The van der Waals surface area contributed by atoms with Gasteiger partial charge >= 0.3 is 0 Å². The summed E-state index contributed by atoms with van der Waals surface area (Å²) in [5.41, 5.74) is 1.36. The summed E-state index contributed by atoms with van der Waals surface area (Å²) in [4.78, 5) is 12.2. The van der Waals surface area contributed by atoms with Crippen molar-refractivity contribution in [3.63, 3.8) is 0 Å². The molecular formula is C16H13N3O2S. The van der Waals surface area contributed by atoms with Crippen LogP contribution in [0.25, 0.3) is 0 Å². The Hall–Kier alpha value is -2.91. The van der Waals surface area contributed by atoms with Crippen LogP contribution in [0.3, 0.4) is 0 Å². The van der Waals surface area contributed by atoms with E-state index in [9.17, 15) is 4.79 Å². The third-order valence-electron chi connectivity index (χ3n) is 2.87. The number of carbonyl (C=O) groups excluding carboxylic acids is 1. The summed E-state index contributed by atoms with van der Waals surface area (Å²) in [6.45, 7) is 0. The maximum absolute atomic E-state index is 12.2. The summed E-state index contributed by atoms with van der Waals surface area (Å²) in [6.07, 6.45) is 0. The van der Waals surface area contributed by atoms with E-state index in [-0.39, 0.29) is 11.0 Å². The van der Waals surface area contributed by atoms with Crippen molar-refractivity contribution in [2.45, 2.75) is 0 Å². The number of ether oxygens (including phenoxy) is 1. The lowest BCUT2D eigenvalue weighted by Crippen LogP contribution is -2.34. The number of carbonyl (C=O) groups is 1. The van der Waals surface area contributed by atoms with E-state index in [1.54, 1.807) is 48.5 Å². The summed E-state index contributed by atoms with van der Waals surface area (Å²) in [5, 5.41) is 14.5. The molecule has 0 unspecified atom stereocenters. The summed E-state index contributed by atoms with van der Waals surface area (Å²) >= 11 is 5.11. The molecule has 0 aliphatic heterocycles. The minimum atomic E-state index is -0.385. The maximum Gasteiger partial charge on any atom is 0.261 e. The van der Waals surface area contributed by atoms with Gasteiger partial charge in [-0.25, -0.2) is 0 Å². The van der Waals surface area contributed by atoms with Crippen molar-refractivity contribution in [2.24, 2.45) is 0 Å². The Morgan fingerprint density at radius 2 is 1.86 bits per heavy atom. The Labute approximate surface area is 133 Å². The molecule has 2 N–H and O–H groups in total. The number of nitriles is 1. The normalized spacial score (nSPS) is 9.45. The number of nitrogens with one attached hydrogen (secondary N) is 2. The highest BCUT2D eigenvalue weighted by Gasteiger charge is 2.13. The van der Waals surface area contributed by atoms with Gasteiger partial charge in [-0.15, -0.1) is 0 Å². The number of hydrogen-bond acceptors (Lipinski definition) is 4. The predicted octanol–water partition coefficient (Wildman–Crippen LogP) is 2.69. The van der Waals surface area contributed by atoms with Crippen LogP contribution in [0.4, 0.5) is 5.69 Å². The number of hydrogen-bond donors (Lipinski definition) is 2. The average molecular weight is 311 g/mol. The molecule has 0 fully saturated rings. The van der Waals surface area contributed by atoms with Gasteiger partial charge in [0, 0.05) is 0 Å². The molecule has 2 rings (SSSR count). The van der Waals surface area contributed by atoms with Crippen molar-refractivity contribution in [1.82, 2.24) is 5.32 Å². The molecule has 22 heavy (non-hydrogen) atoms. The van der Waals surface area contributed by atoms with Crippen LogP contribution in [-0.4, -0.2) is 18.1 Å². The van der Waals surface area contributed by atoms with Gasteiger partial charge in [-0.1, -0.05) is 24.3 Å². The number of rotatable bonds is 3. The molecule has 0 spiro atoms. The quantitative estimate of drug-likeness (QED) is 0.853. The highest BCUT2D eigenvalue weighted by Crippen LogP contribution is 2.17. The first kappa shape index (κ1) is 15.5. The summed E-state index contributed by atoms with van der Waals surface area (Å²) in [7, 11) is 1.49. The SMILES string of the molecule is COc1ccccc1C(=O)NC(=S)Nc1ccccc1C#N. The molecule has 0 atom stereocenters. The van der Waals surface area contributed by atoms with Crippen LogP contribution in [-0.2, 0) is 0 Å². The van der Waals surface area contributed by atoms with Crippen LogP contribution in [0.5, 0.6) is 5.75 Å². The van der Waals surface area contributed by atoms with Gasteiger partial charge in [0.2, 0.25) is 0 Å². The minimum Gasteiger partial charge on any atom is -0.496 e. The van der Waals surface area contributed by atoms with Crippen LogP contribution in [0.1, 0.15) is 15.9 Å². The molecule has 0 aliphatic rings. The van der Waals surface area contributed by atoms with E-state index in [4.69, 9.17) is 22.2 Å². The fraction of sp³-hybridized carbons (Fsp3) is 0.0625. The Kier molecular flexibility index (Phi) is 5.07. The first-order chi connectivity index (χ1) is 10.7. The molecule has 0 bridgehead atoms. The molecule has 0 saturated carbocycles. The molecule has 0 aliphatic carbocycles. The summed E-state index contributed by atoms with van der Waals surface area (Å²) in [6, 6.07) is 15.8. The predicted molar refractivity (Wildman–Crippen MR) is 87.8 cm³/mol.